The zero-order valence-corrected chi connectivity index (χ0v) is 7.53. The van der Waals surface area contributed by atoms with Gasteiger partial charge in [0.15, 0.2) is 0 Å². The first kappa shape index (κ1) is 8.84. The molecule has 0 aliphatic rings. The predicted octanol–water partition coefficient (Wildman–Crippen LogP) is 1.17. The standard InChI is InChI=1S/C9H14N2O/c1-3-10(4-2)9-7-5-6-8-11(9)12/h5-8H,3-4H2,1-2H3. The molecule has 1 aromatic heterocycles. The Bertz CT molecular complexity index is 246. The van der Waals surface area contributed by atoms with Gasteiger partial charge in [0.05, 0.1) is 19.3 Å². The molecular formula is C9H14N2O. The van der Waals surface area contributed by atoms with E-state index in [0.717, 1.165) is 23.6 Å². The van der Waals surface area contributed by atoms with Crippen LogP contribution >= 0.6 is 0 Å². The lowest BCUT2D eigenvalue weighted by atomic mass is 10.4. The molecule has 0 unspecified atom stereocenters. The number of hydrogen-bond donors (Lipinski definition) is 0. The minimum atomic E-state index is 0.725. The van der Waals surface area contributed by atoms with Crippen molar-refractivity contribution in [1.82, 2.24) is 0 Å². The Morgan fingerprint density at radius 3 is 2.50 bits per heavy atom. The second-order valence-corrected chi connectivity index (χ2v) is 2.56. The van der Waals surface area contributed by atoms with Gasteiger partial charge in [-0.25, -0.2) is 4.73 Å². The van der Waals surface area contributed by atoms with Crippen LogP contribution in [0.1, 0.15) is 13.8 Å². The molecule has 1 aromatic rings. The molecule has 66 valence electrons. The maximum absolute atomic E-state index is 11.3. The molecule has 1 rings (SSSR count). The van der Waals surface area contributed by atoms with E-state index in [-0.39, 0.29) is 0 Å². The third-order valence-electron chi connectivity index (χ3n) is 1.89. The van der Waals surface area contributed by atoms with E-state index in [4.69, 9.17) is 0 Å². The van der Waals surface area contributed by atoms with Gasteiger partial charge in [0, 0.05) is 6.07 Å². The molecule has 0 bridgehead atoms. The van der Waals surface area contributed by atoms with Crippen molar-refractivity contribution in [2.45, 2.75) is 13.8 Å². The minimum absolute atomic E-state index is 0.725. The van der Waals surface area contributed by atoms with Crippen molar-refractivity contribution in [3.63, 3.8) is 0 Å². The van der Waals surface area contributed by atoms with Gasteiger partial charge in [-0.1, -0.05) is 6.07 Å². The molecule has 0 amide bonds. The highest BCUT2D eigenvalue weighted by Crippen LogP contribution is 2.05. The smallest absolute Gasteiger partial charge is 0.279 e. The largest absolute Gasteiger partial charge is 0.711 e. The maximum Gasteiger partial charge on any atom is 0.279 e. The average molecular weight is 166 g/mol. The van der Waals surface area contributed by atoms with Crippen LogP contribution in [0.25, 0.3) is 0 Å². The van der Waals surface area contributed by atoms with Crippen molar-refractivity contribution in [1.29, 1.82) is 0 Å². The Hall–Kier alpha value is -1.25. The number of pyridine rings is 1. The van der Waals surface area contributed by atoms with Crippen LogP contribution in [0.3, 0.4) is 0 Å². The zero-order chi connectivity index (χ0) is 8.97. The SMILES string of the molecule is CCN(CC)c1cccc[n+]1[O-]. The van der Waals surface area contributed by atoms with Crippen molar-refractivity contribution in [3.8, 4) is 0 Å². The van der Waals surface area contributed by atoms with Crippen LogP contribution in [0.15, 0.2) is 24.4 Å². The fraction of sp³-hybridized carbons (Fsp3) is 0.444. The van der Waals surface area contributed by atoms with Crippen molar-refractivity contribution >= 4 is 5.82 Å². The molecule has 1 heterocycles. The second-order valence-electron chi connectivity index (χ2n) is 2.56. The summed E-state index contributed by atoms with van der Waals surface area (Å²) in [4.78, 5) is 2.02. The summed E-state index contributed by atoms with van der Waals surface area (Å²) in [6.45, 7) is 5.80. The van der Waals surface area contributed by atoms with Crippen molar-refractivity contribution in [3.05, 3.63) is 29.6 Å². The summed E-state index contributed by atoms with van der Waals surface area (Å²) < 4.78 is 0.896. The molecule has 0 saturated carbocycles. The van der Waals surface area contributed by atoms with Gasteiger partial charge in [0.1, 0.15) is 0 Å². The molecule has 0 saturated heterocycles. The fourth-order valence-electron chi connectivity index (χ4n) is 1.21. The second kappa shape index (κ2) is 3.95. The summed E-state index contributed by atoms with van der Waals surface area (Å²) in [6, 6.07) is 5.45. The summed E-state index contributed by atoms with van der Waals surface area (Å²) in [5.74, 6) is 0.725. The van der Waals surface area contributed by atoms with E-state index in [9.17, 15) is 5.21 Å². The first-order valence-electron chi connectivity index (χ1n) is 4.22. The third kappa shape index (κ3) is 1.67. The Morgan fingerprint density at radius 2 is 2.00 bits per heavy atom. The number of hydrogen-bond acceptors (Lipinski definition) is 2. The Labute approximate surface area is 72.8 Å². The molecule has 0 atom stereocenters. The fourth-order valence-corrected chi connectivity index (χ4v) is 1.21. The number of anilines is 1. The average Bonchev–Trinajstić information content (AvgIpc) is 2.10. The molecule has 12 heavy (non-hydrogen) atoms. The van der Waals surface area contributed by atoms with Crippen molar-refractivity contribution in [2.75, 3.05) is 18.0 Å². The van der Waals surface area contributed by atoms with E-state index in [0.29, 0.717) is 0 Å². The van der Waals surface area contributed by atoms with Gasteiger partial charge in [-0.2, -0.15) is 0 Å². The molecule has 0 aliphatic carbocycles. The van der Waals surface area contributed by atoms with Crippen LogP contribution in [0.5, 0.6) is 0 Å². The molecule has 0 aromatic carbocycles. The van der Waals surface area contributed by atoms with Gasteiger partial charge in [-0.3, -0.25) is 4.90 Å². The highest BCUT2D eigenvalue weighted by Gasteiger charge is 2.10. The van der Waals surface area contributed by atoms with E-state index in [1.807, 2.05) is 30.9 Å². The van der Waals surface area contributed by atoms with Crippen LogP contribution in [0, 0.1) is 5.21 Å². The zero-order valence-electron chi connectivity index (χ0n) is 7.53. The summed E-state index contributed by atoms with van der Waals surface area (Å²) >= 11 is 0. The Balaban J connectivity index is 2.92. The summed E-state index contributed by atoms with van der Waals surface area (Å²) in [5.41, 5.74) is 0. The molecule has 0 spiro atoms. The lowest BCUT2D eigenvalue weighted by Gasteiger charge is -2.17. The molecule has 0 aliphatic heterocycles. The molecule has 3 nitrogen and oxygen atoms in total. The number of rotatable bonds is 3. The number of aromatic nitrogens is 1. The first-order valence-corrected chi connectivity index (χ1v) is 4.22. The van der Waals surface area contributed by atoms with Crippen LogP contribution in [0.2, 0.25) is 0 Å². The summed E-state index contributed by atoms with van der Waals surface area (Å²) in [7, 11) is 0. The summed E-state index contributed by atoms with van der Waals surface area (Å²) in [5, 5.41) is 11.3. The Morgan fingerprint density at radius 1 is 1.33 bits per heavy atom. The molecule has 0 radical (unpaired) electrons. The lowest BCUT2D eigenvalue weighted by molar-refractivity contribution is -0.592. The maximum atomic E-state index is 11.3. The minimum Gasteiger partial charge on any atom is -0.711 e. The van der Waals surface area contributed by atoms with Gasteiger partial charge >= 0.3 is 0 Å². The first-order chi connectivity index (χ1) is 5.79. The Kier molecular flexibility index (Phi) is 2.91. The van der Waals surface area contributed by atoms with Crippen LogP contribution < -0.4 is 9.63 Å². The van der Waals surface area contributed by atoms with Crippen LogP contribution in [-0.4, -0.2) is 13.1 Å². The molecule has 3 heteroatoms. The normalized spacial score (nSPS) is 9.83. The molecule has 0 N–H and O–H groups in total. The van der Waals surface area contributed by atoms with Gasteiger partial charge < -0.3 is 5.21 Å². The quantitative estimate of drug-likeness (QED) is 0.498. The van der Waals surface area contributed by atoms with E-state index in [2.05, 4.69) is 0 Å². The van der Waals surface area contributed by atoms with Gasteiger partial charge in [0.25, 0.3) is 5.82 Å². The van der Waals surface area contributed by atoms with E-state index in [1.165, 1.54) is 6.20 Å². The van der Waals surface area contributed by atoms with Crippen molar-refractivity contribution < 1.29 is 4.73 Å². The predicted molar refractivity (Wildman–Crippen MR) is 49.0 cm³/mol. The van der Waals surface area contributed by atoms with E-state index >= 15 is 0 Å². The third-order valence-corrected chi connectivity index (χ3v) is 1.89. The highest BCUT2D eigenvalue weighted by molar-refractivity contribution is 5.31. The van der Waals surface area contributed by atoms with Crippen LogP contribution in [0.4, 0.5) is 5.82 Å². The summed E-state index contributed by atoms with van der Waals surface area (Å²) in [6.07, 6.45) is 1.52. The lowest BCUT2D eigenvalue weighted by Crippen LogP contribution is -2.37. The van der Waals surface area contributed by atoms with E-state index in [1.54, 1.807) is 6.07 Å². The molecule has 0 fully saturated rings. The topological polar surface area (TPSA) is 30.2 Å². The number of nitrogens with zero attached hydrogens (tertiary/aromatic N) is 2. The van der Waals surface area contributed by atoms with Gasteiger partial charge in [-0.05, 0) is 19.9 Å². The van der Waals surface area contributed by atoms with Crippen molar-refractivity contribution in [2.24, 2.45) is 0 Å². The highest BCUT2D eigenvalue weighted by atomic mass is 16.5. The van der Waals surface area contributed by atoms with Gasteiger partial charge in [0.2, 0.25) is 0 Å². The van der Waals surface area contributed by atoms with Crippen LogP contribution in [-0.2, 0) is 0 Å². The monoisotopic (exact) mass is 166 g/mol. The molecular weight excluding hydrogens is 152 g/mol. The van der Waals surface area contributed by atoms with E-state index < -0.39 is 0 Å². The van der Waals surface area contributed by atoms with Gasteiger partial charge in [-0.15, -0.1) is 0 Å².